The van der Waals surface area contributed by atoms with Gasteiger partial charge in [-0.15, -0.1) is 0 Å². The third kappa shape index (κ3) is 4.45. The molecule has 9 nitrogen and oxygen atoms in total. The molecule has 0 fully saturated rings. The van der Waals surface area contributed by atoms with E-state index in [1.807, 2.05) is 0 Å². The molecule has 0 unspecified atom stereocenters. The van der Waals surface area contributed by atoms with Gasteiger partial charge in [-0.25, -0.2) is 4.18 Å². The van der Waals surface area contributed by atoms with Crippen LogP contribution in [0.15, 0.2) is 5.11 Å². The van der Waals surface area contributed by atoms with E-state index in [0.717, 1.165) is 11.8 Å². The zero-order valence-corrected chi connectivity index (χ0v) is 9.80. The molecule has 0 spiro atoms. The number of likely N-dealkylation sites (N-methyl/N-ethyl adjacent to an activating group) is 1. The van der Waals surface area contributed by atoms with Crippen molar-refractivity contribution in [3.8, 4) is 0 Å². The lowest BCUT2D eigenvalue weighted by Crippen LogP contribution is -2.49. The number of azide groups is 1. The molecule has 0 aromatic rings. The van der Waals surface area contributed by atoms with Crippen LogP contribution in [0.4, 0.5) is 0 Å². The first-order valence-corrected chi connectivity index (χ1v) is 5.39. The molecular weight excluding hydrogens is 240 g/mol. The van der Waals surface area contributed by atoms with Gasteiger partial charge in [0.15, 0.2) is 5.60 Å². The maximum atomic E-state index is 11.6. The molecule has 0 aromatic carbocycles. The summed E-state index contributed by atoms with van der Waals surface area (Å²) < 4.78 is 33.9. The van der Waals surface area contributed by atoms with Gasteiger partial charge < -0.3 is 4.90 Å². The summed E-state index contributed by atoms with van der Waals surface area (Å²) in [5, 5.41) is 3.06. The van der Waals surface area contributed by atoms with Gasteiger partial charge in [-0.05, 0) is 12.5 Å². The predicted octanol–water partition coefficient (Wildman–Crippen LogP) is -0.0370. The summed E-state index contributed by atoms with van der Waals surface area (Å²) in [6.07, 6.45) is 0. The van der Waals surface area contributed by atoms with Crippen LogP contribution in [0.3, 0.4) is 0 Å². The Morgan fingerprint density at radius 2 is 2.12 bits per heavy atom. The van der Waals surface area contributed by atoms with Gasteiger partial charge in [-0.3, -0.25) is 9.35 Å². The van der Waals surface area contributed by atoms with E-state index in [1.165, 1.54) is 14.1 Å². The fraction of sp³-hybridized carbons (Fsp3) is 0.833. The molecule has 16 heavy (non-hydrogen) atoms. The van der Waals surface area contributed by atoms with Crippen molar-refractivity contribution < 1.29 is 21.9 Å². The molecule has 0 aromatic heterocycles. The molecule has 0 aliphatic heterocycles. The molecule has 0 saturated carbocycles. The number of carbonyl (C=O) groups is 1. The molecule has 10 heteroatoms. The van der Waals surface area contributed by atoms with E-state index in [-0.39, 0.29) is 0 Å². The quantitative estimate of drug-likeness (QED) is 0.317. The highest BCUT2D eigenvalue weighted by Gasteiger charge is 2.39. The summed E-state index contributed by atoms with van der Waals surface area (Å²) in [6, 6.07) is 0. The van der Waals surface area contributed by atoms with E-state index >= 15 is 0 Å². The highest BCUT2D eigenvalue weighted by molar-refractivity contribution is 7.81. The number of amides is 1. The summed E-state index contributed by atoms with van der Waals surface area (Å²) in [5.41, 5.74) is 6.16. The van der Waals surface area contributed by atoms with Crippen molar-refractivity contribution in [2.45, 2.75) is 12.5 Å². The van der Waals surface area contributed by atoms with Crippen LogP contribution in [-0.4, -0.2) is 50.0 Å². The van der Waals surface area contributed by atoms with Crippen LogP contribution < -0.4 is 0 Å². The summed E-state index contributed by atoms with van der Waals surface area (Å²) in [6.45, 7) is 0.540. The van der Waals surface area contributed by atoms with Crippen LogP contribution in [0.25, 0.3) is 10.4 Å². The molecule has 0 bridgehead atoms. The second-order valence-corrected chi connectivity index (χ2v) is 4.35. The minimum absolute atomic E-state index is 0.555. The van der Waals surface area contributed by atoms with Gasteiger partial charge in [-0.2, -0.15) is 8.42 Å². The molecule has 0 aliphatic rings. The standard InChI is InChI=1S/C6H12N4O5S/c1-6(4-8-9-7,5(11)10(2)3)15-16(12,13)14/h4H2,1-3H3,(H,12,13,14)/t6-/m0/s1. The SMILES string of the molecule is CN(C)C(=O)[C@](C)(CN=[N+]=[N-])OS(=O)(=O)O. The summed E-state index contributed by atoms with van der Waals surface area (Å²) >= 11 is 0. The first kappa shape index (κ1) is 14.6. The van der Waals surface area contributed by atoms with E-state index in [1.54, 1.807) is 0 Å². The van der Waals surface area contributed by atoms with Gasteiger partial charge >= 0.3 is 10.4 Å². The Kier molecular flexibility index (Phi) is 4.69. The lowest BCUT2D eigenvalue weighted by Gasteiger charge is -2.27. The Morgan fingerprint density at radius 1 is 1.62 bits per heavy atom. The molecule has 0 saturated heterocycles. The third-order valence-corrected chi connectivity index (χ3v) is 2.16. The Morgan fingerprint density at radius 3 is 2.44 bits per heavy atom. The van der Waals surface area contributed by atoms with Crippen LogP contribution in [0.2, 0.25) is 0 Å². The normalized spacial score (nSPS) is 14.8. The second kappa shape index (κ2) is 5.12. The molecule has 0 heterocycles. The number of carbonyl (C=O) groups excluding carboxylic acids is 1. The van der Waals surface area contributed by atoms with Crippen molar-refractivity contribution >= 4 is 16.3 Å². The van der Waals surface area contributed by atoms with Gasteiger partial charge in [0.05, 0.1) is 6.54 Å². The Labute approximate surface area is 92.6 Å². The smallest absolute Gasteiger partial charge is 0.346 e. The summed E-state index contributed by atoms with van der Waals surface area (Å²) in [5.74, 6) is -0.752. The average Bonchev–Trinajstić information content (AvgIpc) is 2.10. The largest absolute Gasteiger partial charge is 0.398 e. The summed E-state index contributed by atoms with van der Waals surface area (Å²) in [4.78, 5) is 15.0. The molecule has 0 rings (SSSR count). The molecule has 1 amide bonds. The maximum absolute atomic E-state index is 11.6. The number of hydrogen-bond acceptors (Lipinski definition) is 5. The first-order valence-electron chi connectivity index (χ1n) is 4.03. The van der Waals surface area contributed by atoms with Crippen LogP contribution in [0.5, 0.6) is 0 Å². The van der Waals surface area contributed by atoms with Crippen molar-refractivity contribution in [3.05, 3.63) is 10.4 Å². The molecule has 1 N–H and O–H groups in total. The Balaban J connectivity index is 5.18. The first-order chi connectivity index (χ1) is 7.12. The number of hydrogen-bond donors (Lipinski definition) is 1. The monoisotopic (exact) mass is 252 g/mol. The topological polar surface area (TPSA) is 133 Å². The van der Waals surface area contributed by atoms with Gasteiger partial charge in [0, 0.05) is 19.0 Å². The van der Waals surface area contributed by atoms with E-state index in [9.17, 15) is 13.2 Å². The van der Waals surface area contributed by atoms with Gasteiger partial charge in [-0.1, -0.05) is 5.11 Å². The van der Waals surface area contributed by atoms with Crippen LogP contribution >= 0.6 is 0 Å². The van der Waals surface area contributed by atoms with Gasteiger partial charge in [0.2, 0.25) is 0 Å². The van der Waals surface area contributed by atoms with Crippen molar-refractivity contribution in [2.24, 2.45) is 5.11 Å². The Bertz CT molecular complexity index is 413. The molecule has 0 aliphatic carbocycles. The predicted molar refractivity (Wildman–Crippen MR) is 53.7 cm³/mol. The van der Waals surface area contributed by atoms with E-state index in [2.05, 4.69) is 14.2 Å². The van der Waals surface area contributed by atoms with Crippen molar-refractivity contribution in [1.29, 1.82) is 0 Å². The van der Waals surface area contributed by atoms with Gasteiger partial charge in [0.25, 0.3) is 5.91 Å². The molecule has 92 valence electrons. The van der Waals surface area contributed by atoms with E-state index in [0.29, 0.717) is 0 Å². The molecule has 0 radical (unpaired) electrons. The molecular formula is C6H12N4O5S. The van der Waals surface area contributed by atoms with Crippen molar-refractivity contribution in [1.82, 2.24) is 4.90 Å². The van der Waals surface area contributed by atoms with Crippen molar-refractivity contribution in [2.75, 3.05) is 20.6 Å². The van der Waals surface area contributed by atoms with Crippen LogP contribution in [0, 0.1) is 0 Å². The van der Waals surface area contributed by atoms with Gasteiger partial charge in [0.1, 0.15) is 0 Å². The highest BCUT2D eigenvalue weighted by atomic mass is 32.3. The maximum Gasteiger partial charge on any atom is 0.398 e. The minimum Gasteiger partial charge on any atom is -0.346 e. The van der Waals surface area contributed by atoms with E-state index < -0.39 is 28.5 Å². The lowest BCUT2D eigenvalue weighted by molar-refractivity contribution is -0.143. The minimum atomic E-state index is -4.82. The van der Waals surface area contributed by atoms with Crippen LogP contribution in [0.1, 0.15) is 6.92 Å². The second-order valence-electron chi connectivity index (χ2n) is 3.33. The Hall–Kier alpha value is -1.35. The third-order valence-electron chi connectivity index (χ3n) is 1.58. The van der Waals surface area contributed by atoms with Crippen molar-refractivity contribution in [3.63, 3.8) is 0 Å². The van der Waals surface area contributed by atoms with E-state index in [4.69, 9.17) is 10.1 Å². The molecule has 1 atom stereocenters. The average molecular weight is 252 g/mol. The fourth-order valence-electron chi connectivity index (χ4n) is 1.00. The number of nitrogens with zero attached hydrogens (tertiary/aromatic N) is 4. The zero-order valence-electron chi connectivity index (χ0n) is 8.98. The number of rotatable bonds is 5. The fourth-order valence-corrected chi connectivity index (χ4v) is 1.59. The highest BCUT2D eigenvalue weighted by Crippen LogP contribution is 2.16. The summed E-state index contributed by atoms with van der Waals surface area (Å²) in [7, 11) is -2.09. The zero-order chi connectivity index (χ0) is 13.0. The van der Waals surface area contributed by atoms with Crippen LogP contribution in [-0.2, 0) is 19.4 Å². The lowest BCUT2D eigenvalue weighted by atomic mass is 10.1.